The van der Waals surface area contributed by atoms with E-state index in [2.05, 4.69) is 0 Å². The third-order valence-electron chi connectivity index (χ3n) is 2.57. The average Bonchev–Trinajstić information content (AvgIpc) is 2.14. The van der Waals surface area contributed by atoms with Gasteiger partial charge in [0.05, 0.1) is 15.7 Å². The first-order valence-corrected chi connectivity index (χ1v) is 12.3. The van der Waals surface area contributed by atoms with E-state index in [0.29, 0.717) is 0 Å². The summed E-state index contributed by atoms with van der Waals surface area (Å²) in [6, 6.07) is 0. The van der Waals surface area contributed by atoms with Crippen molar-refractivity contribution in [1.29, 1.82) is 0 Å². The molecule has 0 fully saturated rings. The first-order chi connectivity index (χ1) is 8.83. The van der Waals surface area contributed by atoms with Gasteiger partial charge < -0.3 is 0 Å². The number of hydrogen-bond donors (Lipinski definition) is 0. The summed E-state index contributed by atoms with van der Waals surface area (Å²) in [5, 5.41) is -0.688. The van der Waals surface area contributed by atoms with Gasteiger partial charge in [0.25, 0.3) is 0 Å². The van der Waals surface area contributed by atoms with Crippen LogP contribution in [-0.4, -0.2) is 59.8 Å². The maximum absolute atomic E-state index is 10.3. The number of sulfone groups is 3. The molecule has 0 N–H and O–H groups in total. The second-order valence-electron chi connectivity index (χ2n) is 5.63. The molecule has 0 bridgehead atoms. The molecule has 6 nitrogen and oxygen atoms in total. The van der Waals surface area contributed by atoms with E-state index in [1.54, 1.807) is 41.5 Å². The van der Waals surface area contributed by atoms with E-state index in [9.17, 15) is 25.3 Å². The van der Waals surface area contributed by atoms with Crippen molar-refractivity contribution >= 4 is 29.5 Å². The Morgan fingerprint density at radius 2 is 0.476 bits per heavy atom. The van der Waals surface area contributed by atoms with Crippen LogP contribution >= 0.6 is 0 Å². The van der Waals surface area contributed by atoms with Crippen LogP contribution in [0.2, 0.25) is 0 Å². The molecule has 0 radical (unpaired) electrons. The van der Waals surface area contributed by atoms with Gasteiger partial charge in [-0.05, 0) is 41.5 Å². The van der Waals surface area contributed by atoms with Gasteiger partial charge in [0.1, 0.15) is 29.5 Å². The lowest BCUT2D eigenvalue weighted by molar-refractivity contribution is 0.592. The summed E-state index contributed by atoms with van der Waals surface area (Å²) in [7, 11) is -8.22. The highest BCUT2D eigenvalue weighted by atomic mass is 32.2. The predicted molar refractivity (Wildman–Crippen MR) is 89.9 cm³/mol. The van der Waals surface area contributed by atoms with Crippen LogP contribution in [-0.2, 0) is 29.5 Å². The quantitative estimate of drug-likeness (QED) is 0.746. The normalized spacial score (nSPS) is 12.6. The fourth-order valence-electron chi connectivity index (χ4n) is 0. The van der Waals surface area contributed by atoms with Gasteiger partial charge in [-0.2, -0.15) is 0 Å². The van der Waals surface area contributed by atoms with Crippen LogP contribution in [0.25, 0.3) is 0 Å². The first-order valence-electron chi connectivity index (χ1n) is 6.40. The Bertz CT molecular complexity index is 481. The fraction of sp³-hybridized carbons (Fsp3) is 1.00. The molecule has 132 valence electrons. The van der Waals surface area contributed by atoms with E-state index >= 15 is 0 Å². The molecule has 0 aromatic rings. The van der Waals surface area contributed by atoms with Crippen molar-refractivity contribution in [3.05, 3.63) is 0 Å². The molecule has 0 aromatic carbocycles. The maximum atomic E-state index is 10.3. The van der Waals surface area contributed by atoms with E-state index < -0.39 is 29.5 Å². The molecule has 0 aromatic heterocycles. The van der Waals surface area contributed by atoms with Crippen molar-refractivity contribution in [2.24, 2.45) is 0 Å². The van der Waals surface area contributed by atoms with Crippen LogP contribution in [0.5, 0.6) is 0 Å². The monoisotopic (exact) mass is 366 g/mol. The number of hydrogen-bond acceptors (Lipinski definition) is 6. The Morgan fingerprint density at radius 3 is 0.476 bits per heavy atom. The minimum absolute atomic E-state index is 0.229. The largest absolute Gasteiger partial charge is 0.229 e. The average molecular weight is 367 g/mol. The molecule has 0 unspecified atom stereocenters. The van der Waals surface area contributed by atoms with E-state index in [-0.39, 0.29) is 15.7 Å². The highest BCUT2D eigenvalue weighted by molar-refractivity contribution is 7.91. The molecular formula is C12H30O6S3. The summed E-state index contributed by atoms with van der Waals surface area (Å²) in [6.45, 7) is 9.97. The zero-order valence-corrected chi connectivity index (χ0v) is 16.9. The fourth-order valence-corrected chi connectivity index (χ4v) is 0. The smallest absolute Gasteiger partial charge is 0.149 e. The molecule has 0 aliphatic carbocycles. The molecule has 0 atom stereocenters. The zero-order valence-electron chi connectivity index (χ0n) is 14.4. The summed E-state index contributed by atoms with van der Waals surface area (Å²) in [5.74, 6) is 0. The van der Waals surface area contributed by atoms with Crippen LogP contribution in [0.1, 0.15) is 41.5 Å². The van der Waals surface area contributed by atoms with Crippen molar-refractivity contribution in [2.45, 2.75) is 57.3 Å². The topological polar surface area (TPSA) is 102 Å². The van der Waals surface area contributed by atoms with Gasteiger partial charge in [-0.15, -0.1) is 0 Å². The van der Waals surface area contributed by atoms with E-state index in [1.807, 2.05) is 0 Å². The highest BCUT2D eigenvalue weighted by Gasteiger charge is 2.06. The third kappa shape index (κ3) is 19.9. The van der Waals surface area contributed by atoms with Gasteiger partial charge in [-0.3, -0.25) is 0 Å². The third-order valence-corrected chi connectivity index (χ3v) is 7.71. The summed E-state index contributed by atoms with van der Waals surface area (Å²) in [4.78, 5) is 0. The molecule has 0 spiro atoms. The molecule has 21 heavy (non-hydrogen) atoms. The van der Waals surface area contributed by atoms with Crippen molar-refractivity contribution in [3.63, 3.8) is 0 Å². The lowest BCUT2D eigenvalue weighted by Gasteiger charge is -1.96. The number of rotatable bonds is 3. The maximum Gasteiger partial charge on any atom is 0.149 e. The molecular weight excluding hydrogens is 336 g/mol. The van der Waals surface area contributed by atoms with Gasteiger partial charge in [-0.25, -0.2) is 25.3 Å². The second-order valence-corrected chi connectivity index (χ2v) is 13.4. The predicted octanol–water partition coefficient (Wildman–Crippen LogP) is 1.32. The van der Waals surface area contributed by atoms with Crippen molar-refractivity contribution in [2.75, 3.05) is 18.8 Å². The molecule has 0 saturated heterocycles. The van der Waals surface area contributed by atoms with Gasteiger partial charge in [-0.1, -0.05) is 0 Å². The Hall–Kier alpha value is -0.150. The van der Waals surface area contributed by atoms with Gasteiger partial charge >= 0.3 is 0 Å². The highest BCUT2D eigenvalue weighted by Crippen LogP contribution is 1.93. The molecule has 9 heteroatoms. The van der Waals surface area contributed by atoms with Crippen LogP contribution in [0, 0.1) is 0 Å². The standard InChI is InChI=1S/3C4H10O2S/c3*1-4(2)7(3,5)6/h3*4H,1-3H3. The van der Waals surface area contributed by atoms with E-state index in [4.69, 9.17) is 0 Å². The van der Waals surface area contributed by atoms with Crippen molar-refractivity contribution < 1.29 is 25.3 Å². The van der Waals surface area contributed by atoms with Gasteiger partial charge in [0.2, 0.25) is 0 Å². The van der Waals surface area contributed by atoms with Crippen LogP contribution in [0.4, 0.5) is 0 Å². The summed E-state index contributed by atoms with van der Waals surface area (Å²) >= 11 is 0. The zero-order chi connectivity index (χ0) is 18.2. The van der Waals surface area contributed by atoms with Crippen LogP contribution in [0.3, 0.4) is 0 Å². The summed E-state index contributed by atoms with van der Waals surface area (Å²) in [5.41, 5.74) is 0. The Kier molecular flexibility index (Phi) is 12.0. The molecule has 0 saturated carbocycles. The SMILES string of the molecule is CC(C)S(C)(=O)=O.CC(C)S(C)(=O)=O.CC(C)S(C)(=O)=O. The molecule has 0 rings (SSSR count). The minimum Gasteiger partial charge on any atom is -0.229 e. The minimum atomic E-state index is -2.74. The summed E-state index contributed by atoms with van der Waals surface area (Å²) < 4.78 is 62.0. The van der Waals surface area contributed by atoms with Crippen molar-refractivity contribution in [3.8, 4) is 0 Å². The Morgan fingerprint density at radius 1 is 0.429 bits per heavy atom. The van der Waals surface area contributed by atoms with Gasteiger partial charge in [0.15, 0.2) is 0 Å². The lowest BCUT2D eigenvalue weighted by Crippen LogP contribution is -2.10. The first kappa shape index (κ1) is 25.8. The lowest BCUT2D eigenvalue weighted by atomic mass is 10.6. The molecule has 0 aliphatic rings. The van der Waals surface area contributed by atoms with Crippen LogP contribution in [0.15, 0.2) is 0 Å². The molecule has 0 amide bonds. The van der Waals surface area contributed by atoms with Crippen LogP contribution < -0.4 is 0 Å². The second kappa shape index (κ2) is 9.78. The van der Waals surface area contributed by atoms with Gasteiger partial charge in [0, 0.05) is 18.8 Å². The van der Waals surface area contributed by atoms with E-state index in [0.717, 1.165) is 0 Å². The molecule has 0 heterocycles. The van der Waals surface area contributed by atoms with E-state index in [1.165, 1.54) is 18.8 Å². The molecule has 0 aliphatic heterocycles. The Labute approximate surface area is 131 Å². The van der Waals surface area contributed by atoms with Crippen molar-refractivity contribution in [1.82, 2.24) is 0 Å². The summed E-state index contributed by atoms with van der Waals surface area (Å²) in [6.07, 6.45) is 3.70. The Balaban J connectivity index is -0.000000231.